The maximum absolute atomic E-state index is 13.2. The number of fused-ring (bicyclic) bond motifs is 1. The number of halogens is 3. The highest BCUT2D eigenvalue weighted by Gasteiger charge is 2.38. The van der Waals surface area contributed by atoms with Crippen molar-refractivity contribution in [3.8, 4) is 5.75 Å². The van der Waals surface area contributed by atoms with Gasteiger partial charge < -0.3 is 31.6 Å². The lowest BCUT2D eigenvalue weighted by Gasteiger charge is -2.13. The highest BCUT2D eigenvalue weighted by molar-refractivity contribution is 5.99. The monoisotopic (exact) mass is 554 g/mol. The van der Waals surface area contributed by atoms with Gasteiger partial charge in [0.15, 0.2) is 0 Å². The van der Waals surface area contributed by atoms with E-state index >= 15 is 0 Å². The number of aromatic nitrogens is 1. The second kappa shape index (κ2) is 12.0. The summed E-state index contributed by atoms with van der Waals surface area (Å²) in [7, 11) is 0. The molecule has 0 aliphatic carbocycles. The standard InChI is InChI=1S/C25H24N6O2.C2HF3O2/c26-23(27)17-5-1-3-15(9-17)13-30-25(33)22-12-19-11-20(32)7-8-21(19)31(22)14-16-4-2-6-18(10-16)24(28)29;3-2(4,5)1(6)7/h1-12,32H,13-14H2,(H3,26,27)(H3,28,29)(H,30,33);(H,6,7). The number of carboxylic acids is 1. The maximum Gasteiger partial charge on any atom is 0.490 e. The summed E-state index contributed by atoms with van der Waals surface area (Å²) in [6, 6.07) is 21.2. The number of nitrogens with two attached hydrogens (primary N) is 2. The summed E-state index contributed by atoms with van der Waals surface area (Å²) >= 11 is 0. The minimum atomic E-state index is -5.08. The molecule has 40 heavy (non-hydrogen) atoms. The fraction of sp³-hybridized carbons (Fsp3) is 0.111. The molecule has 9 N–H and O–H groups in total. The van der Waals surface area contributed by atoms with Crippen molar-refractivity contribution < 1.29 is 33.0 Å². The zero-order valence-electron chi connectivity index (χ0n) is 20.8. The van der Waals surface area contributed by atoms with Crippen molar-refractivity contribution in [2.24, 2.45) is 11.5 Å². The van der Waals surface area contributed by atoms with Crippen LogP contribution in [0.25, 0.3) is 10.9 Å². The van der Waals surface area contributed by atoms with Gasteiger partial charge in [0.25, 0.3) is 5.91 Å². The Morgan fingerprint density at radius 3 is 1.98 bits per heavy atom. The number of nitrogens with one attached hydrogen (secondary N) is 3. The number of carbonyl (C=O) groups is 2. The Hall–Kier alpha value is -5.33. The Morgan fingerprint density at radius 1 is 0.875 bits per heavy atom. The van der Waals surface area contributed by atoms with Gasteiger partial charge in [-0.05, 0) is 47.5 Å². The second-order valence-corrected chi connectivity index (χ2v) is 8.57. The quantitative estimate of drug-likeness (QED) is 0.135. The summed E-state index contributed by atoms with van der Waals surface area (Å²) in [6.07, 6.45) is -5.08. The fourth-order valence-corrected chi connectivity index (χ4v) is 3.76. The molecule has 0 saturated carbocycles. The van der Waals surface area contributed by atoms with Gasteiger partial charge >= 0.3 is 12.1 Å². The van der Waals surface area contributed by atoms with E-state index in [0.717, 1.165) is 22.0 Å². The number of phenolic OH excluding ortho intramolecular Hbond substituents is 1. The van der Waals surface area contributed by atoms with E-state index in [4.69, 9.17) is 32.2 Å². The van der Waals surface area contributed by atoms with Gasteiger partial charge in [0, 0.05) is 35.1 Å². The number of carbonyl (C=O) groups excluding carboxylic acids is 1. The SMILES string of the molecule is N=C(N)c1cccc(CNC(=O)c2cc3cc(O)ccc3n2Cc2cccc(C(=N)N)c2)c1.O=C(O)C(F)(F)F. The van der Waals surface area contributed by atoms with E-state index in [-0.39, 0.29) is 29.9 Å². The molecule has 0 fully saturated rings. The first-order chi connectivity index (χ1) is 18.8. The Bertz CT molecular complexity index is 1600. The molecule has 10 nitrogen and oxygen atoms in total. The van der Waals surface area contributed by atoms with Crippen LogP contribution in [-0.2, 0) is 17.9 Å². The molecule has 0 aliphatic heterocycles. The molecule has 13 heteroatoms. The Morgan fingerprint density at radius 2 is 1.43 bits per heavy atom. The number of benzene rings is 3. The Labute approximate surface area is 225 Å². The largest absolute Gasteiger partial charge is 0.508 e. The van der Waals surface area contributed by atoms with Crippen LogP contribution in [0.3, 0.4) is 0 Å². The minimum absolute atomic E-state index is 0.0232. The fourth-order valence-electron chi connectivity index (χ4n) is 3.76. The lowest BCUT2D eigenvalue weighted by molar-refractivity contribution is -0.192. The smallest absolute Gasteiger partial charge is 0.490 e. The van der Waals surface area contributed by atoms with Gasteiger partial charge in [0.05, 0.1) is 0 Å². The Balaban J connectivity index is 0.000000559. The molecule has 1 aromatic heterocycles. The minimum Gasteiger partial charge on any atom is -0.508 e. The summed E-state index contributed by atoms with van der Waals surface area (Å²) < 4.78 is 33.6. The summed E-state index contributed by atoms with van der Waals surface area (Å²) in [5.41, 5.74) is 15.3. The molecular formula is C27H25F3N6O4. The summed E-state index contributed by atoms with van der Waals surface area (Å²) in [4.78, 5) is 22.1. The number of rotatable bonds is 7. The molecule has 208 valence electrons. The molecule has 0 unspecified atom stereocenters. The second-order valence-electron chi connectivity index (χ2n) is 8.57. The number of nitrogens with zero attached hydrogens (tertiary/aromatic N) is 1. The van der Waals surface area contributed by atoms with Crippen LogP contribution in [0.2, 0.25) is 0 Å². The number of hydrogen-bond donors (Lipinski definition) is 7. The molecule has 1 amide bonds. The van der Waals surface area contributed by atoms with Gasteiger partial charge in [-0.3, -0.25) is 15.6 Å². The Kier molecular flexibility index (Phi) is 8.79. The lowest BCUT2D eigenvalue weighted by Crippen LogP contribution is -2.26. The normalized spacial score (nSPS) is 10.9. The van der Waals surface area contributed by atoms with Crippen LogP contribution < -0.4 is 16.8 Å². The van der Waals surface area contributed by atoms with Crippen molar-refractivity contribution in [2.45, 2.75) is 19.3 Å². The van der Waals surface area contributed by atoms with Crippen LogP contribution in [0.15, 0.2) is 72.8 Å². The molecule has 0 radical (unpaired) electrons. The van der Waals surface area contributed by atoms with Crippen LogP contribution in [0, 0.1) is 10.8 Å². The van der Waals surface area contributed by atoms with E-state index in [1.165, 1.54) is 0 Å². The topological polar surface area (TPSA) is 191 Å². The maximum atomic E-state index is 13.2. The molecule has 3 aromatic carbocycles. The van der Waals surface area contributed by atoms with Crippen molar-refractivity contribution in [3.63, 3.8) is 0 Å². The highest BCUT2D eigenvalue weighted by Crippen LogP contribution is 2.25. The van der Waals surface area contributed by atoms with E-state index in [1.807, 2.05) is 28.8 Å². The van der Waals surface area contributed by atoms with Crippen LogP contribution >= 0.6 is 0 Å². The van der Waals surface area contributed by atoms with Gasteiger partial charge in [-0.2, -0.15) is 13.2 Å². The molecular weight excluding hydrogens is 529 g/mol. The number of amides is 1. The van der Waals surface area contributed by atoms with Crippen molar-refractivity contribution in [1.29, 1.82) is 10.8 Å². The van der Waals surface area contributed by atoms with Gasteiger partial charge in [0.2, 0.25) is 0 Å². The highest BCUT2D eigenvalue weighted by atomic mass is 19.4. The van der Waals surface area contributed by atoms with Crippen molar-refractivity contribution in [1.82, 2.24) is 9.88 Å². The first-order valence-electron chi connectivity index (χ1n) is 11.5. The predicted molar refractivity (Wildman–Crippen MR) is 142 cm³/mol. The molecule has 4 rings (SSSR count). The summed E-state index contributed by atoms with van der Waals surface area (Å²) in [5.74, 6) is -2.97. The van der Waals surface area contributed by atoms with E-state index in [0.29, 0.717) is 23.4 Å². The third-order valence-corrected chi connectivity index (χ3v) is 5.63. The average Bonchev–Trinajstić information content (AvgIpc) is 3.24. The molecule has 4 aromatic rings. The third-order valence-electron chi connectivity index (χ3n) is 5.63. The van der Waals surface area contributed by atoms with Crippen LogP contribution in [-0.4, -0.2) is 44.5 Å². The zero-order valence-corrected chi connectivity index (χ0v) is 20.8. The summed E-state index contributed by atoms with van der Waals surface area (Å²) in [5, 5.41) is 36.0. The first kappa shape index (κ1) is 29.2. The van der Waals surface area contributed by atoms with Gasteiger partial charge in [-0.1, -0.05) is 36.4 Å². The summed E-state index contributed by atoms with van der Waals surface area (Å²) in [6.45, 7) is 0.657. The molecule has 0 saturated heterocycles. The van der Waals surface area contributed by atoms with Crippen molar-refractivity contribution in [3.05, 3.63) is 101 Å². The third kappa shape index (κ3) is 7.37. The lowest BCUT2D eigenvalue weighted by atomic mass is 10.1. The molecule has 0 bridgehead atoms. The number of carboxylic acid groups (broad SMARTS) is 1. The van der Waals surface area contributed by atoms with Gasteiger partial charge in [0.1, 0.15) is 23.1 Å². The van der Waals surface area contributed by atoms with Crippen LogP contribution in [0.1, 0.15) is 32.7 Å². The van der Waals surface area contributed by atoms with E-state index < -0.39 is 12.1 Å². The van der Waals surface area contributed by atoms with Crippen LogP contribution in [0.5, 0.6) is 5.75 Å². The van der Waals surface area contributed by atoms with Crippen molar-refractivity contribution >= 4 is 34.5 Å². The number of aliphatic carboxylic acids is 1. The molecule has 0 aliphatic rings. The average molecular weight is 555 g/mol. The van der Waals surface area contributed by atoms with Gasteiger partial charge in [-0.15, -0.1) is 0 Å². The van der Waals surface area contributed by atoms with Crippen molar-refractivity contribution in [2.75, 3.05) is 0 Å². The van der Waals surface area contributed by atoms with E-state index in [1.54, 1.807) is 48.5 Å². The zero-order chi connectivity index (χ0) is 29.6. The predicted octanol–water partition coefficient (Wildman–Crippen LogP) is 3.53. The first-order valence-corrected chi connectivity index (χ1v) is 11.5. The number of alkyl halides is 3. The number of hydrogen-bond acceptors (Lipinski definition) is 5. The van der Waals surface area contributed by atoms with Gasteiger partial charge in [-0.25, -0.2) is 4.79 Å². The van der Waals surface area contributed by atoms with Crippen LogP contribution in [0.4, 0.5) is 13.2 Å². The van der Waals surface area contributed by atoms with E-state index in [2.05, 4.69) is 5.32 Å². The number of amidine groups is 2. The number of aromatic hydroxyl groups is 1. The number of phenols is 1. The molecule has 0 atom stereocenters. The molecule has 1 heterocycles. The number of nitrogen functional groups attached to an aromatic ring is 2. The van der Waals surface area contributed by atoms with E-state index in [9.17, 15) is 23.1 Å². The molecule has 0 spiro atoms.